The van der Waals surface area contributed by atoms with Crippen molar-refractivity contribution in [2.75, 3.05) is 24.0 Å². The van der Waals surface area contributed by atoms with Gasteiger partial charge in [0.2, 0.25) is 0 Å². The molecule has 1 N–H and O–H groups in total. The Labute approximate surface area is 217 Å². The fourth-order valence-electron chi connectivity index (χ4n) is 3.82. The normalized spacial score (nSPS) is 15.6. The van der Waals surface area contributed by atoms with Gasteiger partial charge in [-0.1, -0.05) is 62.7 Å². The number of nitrogens with zero attached hydrogens (tertiary/aromatic N) is 1. The summed E-state index contributed by atoms with van der Waals surface area (Å²) in [5.74, 6) is 0.535. The number of fused-ring (bicyclic) bond motifs is 1. The fraction of sp³-hybridized carbons (Fsp3) is 0.296. The molecular weight excluding hydrogens is 500 g/mol. The second kappa shape index (κ2) is 10.4. The quantitative estimate of drug-likeness (QED) is 0.446. The van der Waals surface area contributed by atoms with Crippen LogP contribution < -0.4 is 19.1 Å². The Morgan fingerprint density at radius 2 is 1.78 bits per heavy atom. The number of sulfonamides is 1. The van der Waals surface area contributed by atoms with E-state index in [0.717, 1.165) is 0 Å². The Bertz CT molecular complexity index is 1320. The topological polar surface area (TPSA) is 84.9 Å². The van der Waals surface area contributed by atoms with Crippen LogP contribution in [0.4, 0.5) is 5.69 Å². The molecule has 3 aromatic rings. The van der Waals surface area contributed by atoms with Gasteiger partial charge in [0.05, 0.1) is 23.7 Å². The molecule has 1 unspecified atom stereocenters. The second-order valence-electron chi connectivity index (χ2n) is 9.48. The van der Waals surface area contributed by atoms with Crippen molar-refractivity contribution < 1.29 is 22.7 Å². The van der Waals surface area contributed by atoms with Gasteiger partial charge in [0, 0.05) is 5.02 Å². The molecule has 0 bridgehead atoms. The van der Waals surface area contributed by atoms with Crippen LogP contribution in [0.1, 0.15) is 26.3 Å². The third-order valence-electron chi connectivity index (χ3n) is 5.80. The Hall–Kier alpha value is -3.23. The number of amides is 1. The van der Waals surface area contributed by atoms with Crippen LogP contribution in [0.3, 0.4) is 0 Å². The van der Waals surface area contributed by atoms with Crippen LogP contribution in [-0.2, 0) is 20.2 Å². The summed E-state index contributed by atoms with van der Waals surface area (Å²) in [7, 11) is -3.94. The maximum atomic E-state index is 13.4. The highest BCUT2D eigenvalue weighted by Crippen LogP contribution is 2.38. The van der Waals surface area contributed by atoms with E-state index in [4.69, 9.17) is 21.1 Å². The van der Waals surface area contributed by atoms with Crippen LogP contribution in [0.5, 0.6) is 11.5 Å². The van der Waals surface area contributed by atoms with E-state index in [1.165, 1.54) is 28.1 Å². The van der Waals surface area contributed by atoms with Gasteiger partial charge in [0.15, 0.2) is 6.10 Å². The molecule has 0 aliphatic carbocycles. The summed E-state index contributed by atoms with van der Waals surface area (Å²) >= 11 is 6.13. The molecule has 1 amide bonds. The lowest BCUT2D eigenvalue weighted by molar-refractivity contribution is -0.127. The maximum absolute atomic E-state index is 13.4. The van der Waals surface area contributed by atoms with Crippen molar-refractivity contribution in [1.29, 1.82) is 0 Å². The van der Waals surface area contributed by atoms with Crippen molar-refractivity contribution >= 4 is 33.2 Å². The highest BCUT2D eigenvalue weighted by atomic mass is 35.5. The molecule has 0 radical (unpaired) electrons. The van der Waals surface area contributed by atoms with Crippen molar-refractivity contribution in [3.8, 4) is 11.5 Å². The first-order valence-corrected chi connectivity index (χ1v) is 13.4. The third-order valence-corrected chi connectivity index (χ3v) is 7.83. The first-order valence-electron chi connectivity index (χ1n) is 11.6. The predicted molar refractivity (Wildman–Crippen MR) is 140 cm³/mol. The summed E-state index contributed by atoms with van der Waals surface area (Å²) in [6.07, 6.45) is -1.04. The summed E-state index contributed by atoms with van der Waals surface area (Å²) in [6, 6.07) is 20.6. The van der Waals surface area contributed by atoms with E-state index in [0.29, 0.717) is 10.8 Å². The highest BCUT2D eigenvalue weighted by Gasteiger charge is 2.37. The molecule has 36 heavy (non-hydrogen) atoms. The average molecular weight is 529 g/mol. The largest absolute Gasteiger partial charge is 0.492 e. The van der Waals surface area contributed by atoms with Gasteiger partial charge in [-0.15, -0.1) is 0 Å². The third kappa shape index (κ3) is 5.77. The minimum absolute atomic E-state index is 0.0539. The molecule has 0 aromatic heterocycles. The van der Waals surface area contributed by atoms with Crippen LogP contribution in [0, 0.1) is 0 Å². The van der Waals surface area contributed by atoms with Gasteiger partial charge >= 0.3 is 0 Å². The summed E-state index contributed by atoms with van der Waals surface area (Å²) in [5.41, 5.74) is 1.55. The van der Waals surface area contributed by atoms with Gasteiger partial charge in [-0.05, 0) is 53.4 Å². The Morgan fingerprint density at radius 1 is 1.08 bits per heavy atom. The lowest BCUT2D eigenvalue weighted by atomic mass is 9.87. The Morgan fingerprint density at radius 3 is 2.44 bits per heavy atom. The molecule has 1 atom stereocenters. The molecule has 3 aromatic carbocycles. The van der Waals surface area contributed by atoms with Crippen LogP contribution in [0.15, 0.2) is 77.7 Å². The highest BCUT2D eigenvalue weighted by molar-refractivity contribution is 7.92. The number of carbonyl (C=O) groups excluding carboxylic acids is 1. The van der Waals surface area contributed by atoms with Crippen LogP contribution in [0.25, 0.3) is 0 Å². The zero-order chi connectivity index (χ0) is 25.9. The van der Waals surface area contributed by atoms with Gasteiger partial charge < -0.3 is 14.8 Å². The Kier molecular flexibility index (Phi) is 7.47. The monoisotopic (exact) mass is 528 g/mol. The molecule has 1 aliphatic heterocycles. The number of hydrogen-bond donors (Lipinski definition) is 1. The molecule has 0 saturated heterocycles. The van der Waals surface area contributed by atoms with Gasteiger partial charge in [0.1, 0.15) is 18.1 Å². The van der Waals surface area contributed by atoms with Gasteiger partial charge in [0.25, 0.3) is 15.9 Å². The lowest BCUT2D eigenvalue weighted by Gasteiger charge is -2.34. The number of rotatable bonds is 7. The van der Waals surface area contributed by atoms with E-state index in [-0.39, 0.29) is 41.4 Å². The summed E-state index contributed by atoms with van der Waals surface area (Å²) in [4.78, 5) is 13.0. The molecule has 4 rings (SSSR count). The molecule has 1 aliphatic rings. The molecule has 0 saturated carbocycles. The van der Waals surface area contributed by atoms with E-state index in [9.17, 15) is 13.2 Å². The maximum Gasteiger partial charge on any atom is 0.264 e. The number of halogens is 1. The Balaban J connectivity index is 1.42. The van der Waals surface area contributed by atoms with E-state index in [2.05, 4.69) is 26.1 Å². The van der Waals surface area contributed by atoms with Crippen molar-refractivity contribution in [2.45, 2.75) is 37.2 Å². The van der Waals surface area contributed by atoms with E-state index < -0.39 is 22.0 Å². The standard InChI is InChI=1S/C27H29ClN2O5S/c1-27(2,3)19-9-12-21(13-10-19)34-16-15-29-26(31)25-18-30(23-17-20(28)11-14-24(23)35-25)36(32,33)22-7-5-4-6-8-22/h4-14,17,25H,15-16,18H2,1-3H3,(H,29,31). The van der Waals surface area contributed by atoms with E-state index >= 15 is 0 Å². The second-order valence-corrected chi connectivity index (χ2v) is 11.8. The molecule has 0 fully saturated rings. The average Bonchev–Trinajstić information content (AvgIpc) is 2.86. The number of benzene rings is 3. The summed E-state index contributed by atoms with van der Waals surface area (Å²) in [6.45, 7) is 6.73. The first-order chi connectivity index (χ1) is 17.1. The number of ether oxygens (including phenoxy) is 2. The number of nitrogens with one attached hydrogen (secondary N) is 1. The van der Waals surface area contributed by atoms with Crippen molar-refractivity contribution in [1.82, 2.24) is 5.32 Å². The summed E-state index contributed by atoms with van der Waals surface area (Å²) in [5, 5.41) is 3.14. The molecule has 7 nitrogen and oxygen atoms in total. The zero-order valence-corrected chi connectivity index (χ0v) is 22.0. The zero-order valence-electron chi connectivity index (χ0n) is 20.4. The van der Waals surface area contributed by atoms with Crippen LogP contribution >= 0.6 is 11.6 Å². The molecule has 9 heteroatoms. The lowest BCUT2D eigenvalue weighted by Crippen LogP contribution is -2.51. The molecule has 190 valence electrons. The van der Waals surface area contributed by atoms with Crippen molar-refractivity contribution in [2.24, 2.45) is 0 Å². The van der Waals surface area contributed by atoms with Crippen LogP contribution in [-0.4, -0.2) is 40.1 Å². The number of hydrogen-bond acceptors (Lipinski definition) is 5. The number of anilines is 1. The summed E-state index contributed by atoms with van der Waals surface area (Å²) < 4.78 is 39.6. The van der Waals surface area contributed by atoms with Crippen molar-refractivity contribution in [3.05, 3.63) is 83.4 Å². The predicted octanol–water partition coefficient (Wildman–Crippen LogP) is 4.79. The minimum Gasteiger partial charge on any atom is -0.492 e. The molecule has 1 heterocycles. The molecule has 0 spiro atoms. The first kappa shape index (κ1) is 25.9. The van der Waals surface area contributed by atoms with Crippen molar-refractivity contribution in [3.63, 3.8) is 0 Å². The van der Waals surface area contributed by atoms with E-state index in [1.807, 2.05) is 24.3 Å². The van der Waals surface area contributed by atoms with Gasteiger partial charge in [-0.3, -0.25) is 9.10 Å². The van der Waals surface area contributed by atoms with E-state index in [1.54, 1.807) is 30.3 Å². The minimum atomic E-state index is -3.94. The SMILES string of the molecule is CC(C)(C)c1ccc(OCCNC(=O)C2CN(S(=O)(=O)c3ccccc3)c3cc(Cl)ccc3O2)cc1. The molecular formula is C27H29ClN2O5S. The number of carbonyl (C=O) groups is 1. The fourth-order valence-corrected chi connectivity index (χ4v) is 5.47. The van der Waals surface area contributed by atoms with Crippen LogP contribution in [0.2, 0.25) is 5.02 Å². The van der Waals surface area contributed by atoms with Gasteiger partial charge in [-0.2, -0.15) is 0 Å². The smallest absolute Gasteiger partial charge is 0.264 e. The van der Waals surface area contributed by atoms with Gasteiger partial charge in [-0.25, -0.2) is 8.42 Å².